The van der Waals surface area contributed by atoms with Crippen molar-refractivity contribution in [3.63, 3.8) is 0 Å². The average molecular weight is 846 g/mol. The Morgan fingerprint density at radius 2 is 1.42 bits per heavy atom. The molecule has 10 nitrogen and oxygen atoms in total. The van der Waals surface area contributed by atoms with Gasteiger partial charge in [-0.1, -0.05) is 111 Å². The third kappa shape index (κ3) is 9.77. The predicted octanol–water partition coefficient (Wildman–Crippen LogP) is 9.61. The van der Waals surface area contributed by atoms with Crippen molar-refractivity contribution in [3.8, 4) is 6.07 Å². The maximum absolute atomic E-state index is 14.0. The van der Waals surface area contributed by atoms with Gasteiger partial charge in [0.1, 0.15) is 6.54 Å². The zero-order valence-corrected chi connectivity index (χ0v) is 35.1. The second kappa shape index (κ2) is 18.8. The summed E-state index contributed by atoms with van der Waals surface area (Å²) in [4.78, 5) is 35.0. The van der Waals surface area contributed by atoms with Crippen molar-refractivity contribution in [1.82, 2.24) is 15.2 Å². The number of hydrogen-bond donors (Lipinski definition) is 2. The molecular weight excluding hydrogens is 794 g/mol. The molecule has 0 radical (unpaired) electrons. The number of aromatic nitrogens is 1. The van der Waals surface area contributed by atoms with Crippen LogP contribution in [0.25, 0.3) is 0 Å². The summed E-state index contributed by atoms with van der Waals surface area (Å²) in [5.41, 5.74) is 0.694. The Bertz CT molecular complexity index is 2370. The highest BCUT2D eigenvalue weighted by Gasteiger charge is 2.45. The molecule has 3 heterocycles. The van der Waals surface area contributed by atoms with Crippen LogP contribution in [0.15, 0.2) is 131 Å². The zero-order valence-electron chi connectivity index (χ0n) is 35.1. The number of alkyl halides is 3. The van der Waals surface area contributed by atoms with Gasteiger partial charge in [-0.2, -0.15) is 18.4 Å². The first-order chi connectivity index (χ1) is 29.8. The Hall–Kier alpha value is -6.23. The van der Waals surface area contributed by atoms with E-state index in [1.165, 1.54) is 17.0 Å². The summed E-state index contributed by atoms with van der Waals surface area (Å²) < 4.78 is 48.0. The molecule has 3 amide bonds. The van der Waals surface area contributed by atoms with Gasteiger partial charge in [0, 0.05) is 6.54 Å². The Labute approximate surface area is 360 Å². The number of halogens is 3. The number of quaternary nitrogens is 1. The number of hydrogen-bond acceptors (Lipinski definition) is 6. The minimum absolute atomic E-state index is 0.0287. The zero-order chi connectivity index (χ0) is 43.9. The van der Waals surface area contributed by atoms with Crippen LogP contribution < -0.4 is 10.2 Å². The quantitative estimate of drug-likeness (QED) is 0.0670. The molecule has 2 aliphatic rings. The van der Waals surface area contributed by atoms with Crippen LogP contribution in [-0.4, -0.2) is 65.1 Å². The van der Waals surface area contributed by atoms with Crippen molar-refractivity contribution >= 4 is 17.6 Å². The SMILES string of the molecule is C[N+](C)(CCCCCCCCCCN1CC2=C(C1=O)[C@@H](c1ccc(C#N)cc1)NC(=O)N2c1cccc(C(F)(F)F)c1)Cc1cnc(C(O)(c2ccccc2)c2ccccc2)o1. The summed E-state index contributed by atoms with van der Waals surface area (Å²) >= 11 is 0. The lowest BCUT2D eigenvalue weighted by Gasteiger charge is -2.33. The second-order valence-electron chi connectivity index (χ2n) is 16.8. The Morgan fingerprint density at radius 3 is 2.03 bits per heavy atom. The normalized spacial score (nSPS) is 15.8. The largest absolute Gasteiger partial charge is 0.436 e. The average Bonchev–Trinajstić information content (AvgIpc) is 3.87. The first kappa shape index (κ1) is 43.8. The van der Waals surface area contributed by atoms with Gasteiger partial charge in [0.05, 0.1) is 73.6 Å². The van der Waals surface area contributed by atoms with Crippen LogP contribution in [0.2, 0.25) is 0 Å². The number of urea groups is 1. The number of nitrogens with zero attached hydrogens (tertiary/aromatic N) is 5. The van der Waals surface area contributed by atoms with Gasteiger partial charge in [0.25, 0.3) is 5.91 Å². The van der Waals surface area contributed by atoms with Crippen LogP contribution in [-0.2, 0) is 23.1 Å². The number of aliphatic hydroxyl groups is 1. The summed E-state index contributed by atoms with van der Waals surface area (Å²) in [6.45, 7) is 2.14. The monoisotopic (exact) mass is 845 g/mol. The lowest BCUT2D eigenvalue weighted by molar-refractivity contribution is -0.904. The summed E-state index contributed by atoms with van der Waals surface area (Å²) in [5, 5.41) is 24.2. The molecule has 0 unspecified atom stereocenters. The number of oxazole rings is 1. The van der Waals surface area contributed by atoms with Crippen LogP contribution in [0.5, 0.6) is 0 Å². The topological polar surface area (TPSA) is 123 Å². The van der Waals surface area contributed by atoms with Gasteiger partial charge in [0.2, 0.25) is 5.89 Å². The highest BCUT2D eigenvalue weighted by atomic mass is 19.4. The van der Waals surface area contributed by atoms with Gasteiger partial charge >= 0.3 is 12.2 Å². The molecule has 62 heavy (non-hydrogen) atoms. The van der Waals surface area contributed by atoms with Gasteiger partial charge in [-0.25, -0.2) is 9.78 Å². The van der Waals surface area contributed by atoms with E-state index < -0.39 is 29.4 Å². The molecule has 2 N–H and O–H groups in total. The molecule has 7 rings (SSSR count). The third-order valence-electron chi connectivity index (χ3n) is 11.8. The smallest absolute Gasteiger partial charge is 0.416 e. The highest BCUT2D eigenvalue weighted by molar-refractivity contribution is 6.07. The van der Waals surface area contributed by atoms with E-state index in [-0.39, 0.29) is 24.0 Å². The van der Waals surface area contributed by atoms with E-state index in [0.717, 1.165) is 70.0 Å². The number of carbonyl (C=O) groups excluding carboxylic acids is 2. The first-order valence-electron chi connectivity index (χ1n) is 21.2. The molecule has 0 aliphatic carbocycles. The Morgan fingerprint density at radius 1 is 0.823 bits per heavy atom. The van der Waals surface area contributed by atoms with Gasteiger partial charge in [0.15, 0.2) is 11.4 Å². The van der Waals surface area contributed by atoms with Crippen LogP contribution in [0.4, 0.5) is 23.7 Å². The maximum Gasteiger partial charge on any atom is 0.416 e. The lowest BCUT2D eigenvalue weighted by Crippen LogP contribution is -2.47. The van der Waals surface area contributed by atoms with E-state index in [4.69, 9.17) is 4.42 Å². The van der Waals surface area contributed by atoms with Crippen LogP contribution in [0.1, 0.15) is 96.9 Å². The molecule has 0 saturated carbocycles. The van der Waals surface area contributed by atoms with Crippen molar-refractivity contribution in [2.75, 3.05) is 38.6 Å². The minimum atomic E-state index is -4.61. The van der Waals surface area contributed by atoms with Crippen molar-refractivity contribution in [2.45, 2.75) is 75.7 Å². The van der Waals surface area contributed by atoms with E-state index in [2.05, 4.69) is 30.5 Å². The maximum atomic E-state index is 14.0. The molecule has 5 aromatic rings. The van der Waals surface area contributed by atoms with Crippen molar-refractivity contribution in [3.05, 3.63) is 166 Å². The molecule has 0 spiro atoms. The lowest BCUT2D eigenvalue weighted by atomic mass is 9.86. The Kier molecular flexibility index (Phi) is 13.3. The fraction of sp³-hybridized carbons (Fsp3) is 0.347. The molecule has 0 fully saturated rings. The summed E-state index contributed by atoms with van der Waals surface area (Å²) in [5.74, 6) is 0.694. The highest BCUT2D eigenvalue weighted by Crippen LogP contribution is 2.41. The minimum Gasteiger partial charge on any atom is -0.436 e. The fourth-order valence-corrected chi connectivity index (χ4v) is 8.49. The Balaban J connectivity index is 0.869. The van der Waals surface area contributed by atoms with Crippen molar-refractivity contribution in [1.29, 1.82) is 5.26 Å². The van der Waals surface area contributed by atoms with Crippen LogP contribution in [0.3, 0.4) is 0 Å². The van der Waals surface area contributed by atoms with E-state index in [0.29, 0.717) is 56.9 Å². The van der Waals surface area contributed by atoms with Gasteiger partial charge in [-0.15, -0.1) is 0 Å². The fourth-order valence-electron chi connectivity index (χ4n) is 8.49. The standard InChI is InChI=1S/C49H51F3N6O4/c1-58(2,34-41-32-54-46(62-41)48(61,37-18-11-9-12-19-37)38-20-13-10-14-21-38)29-16-8-6-4-3-5-7-15-28-56-33-42-43(45(56)59)44(36-26-24-35(31-53)25-27-36)55-47(60)57(42)40-23-17-22-39(30-40)49(50,51)52/h9-14,17-27,30,32,44,61H,3-8,15-16,28-29,33-34H2,1-2H3/p+1/t44-/m1/s1. The molecule has 0 saturated heterocycles. The summed E-state index contributed by atoms with van der Waals surface area (Å²) in [6.07, 6.45) is 5.21. The summed E-state index contributed by atoms with van der Waals surface area (Å²) in [6, 6.07) is 30.6. The molecule has 1 atom stereocenters. The number of unbranched alkanes of at least 4 members (excludes halogenated alkanes) is 7. The molecule has 0 bridgehead atoms. The van der Waals surface area contributed by atoms with E-state index in [1.54, 1.807) is 35.4 Å². The van der Waals surface area contributed by atoms with Gasteiger partial charge in [-0.05, 0) is 66.3 Å². The molecule has 13 heteroatoms. The molecule has 4 aromatic carbocycles. The van der Waals surface area contributed by atoms with Crippen molar-refractivity contribution < 1.29 is 36.8 Å². The molecule has 1 aromatic heterocycles. The number of amides is 3. The van der Waals surface area contributed by atoms with Crippen LogP contribution >= 0.6 is 0 Å². The molecule has 322 valence electrons. The molecular formula is C49H52F3N6O4+. The number of carbonyl (C=O) groups is 2. The van der Waals surface area contributed by atoms with E-state index in [9.17, 15) is 33.1 Å². The first-order valence-corrected chi connectivity index (χ1v) is 21.2. The second-order valence-corrected chi connectivity index (χ2v) is 16.8. The number of nitriles is 1. The number of anilines is 1. The van der Waals surface area contributed by atoms with E-state index in [1.807, 2.05) is 60.7 Å². The number of benzene rings is 4. The van der Waals surface area contributed by atoms with E-state index >= 15 is 0 Å². The molecule has 2 aliphatic heterocycles. The van der Waals surface area contributed by atoms with Crippen LogP contribution in [0, 0.1) is 11.3 Å². The number of nitrogens with one attached hydrogen (secondary N) is 1. The van der Waals surface area contributed by atoms with Crippen molar-refractivity contribution in [2.24, 2.45) is 0 Å². The van der Waals surface area contributed by atoms with Gasteiger partial charge < -0.3 is 24.2 Å². The number of rotatable bonds is 18. The third-order valence-corrected chi connectivity index (χ3v) is 11.8. The van der Waals surface area contributed by atoms with Gasteiger partial charge in [-0.3, -0.25) is 9.69 Å². The summed E-state index contributed by atoms with van der Waals surface area (Å²) in [7, 11) is 4.34. The predicted molar refractivity (Wildman–Crippen MR) is 229 cm³/mol.